The Bertz CT molecular complexity index is 1040. The van der Waals surface area contributed by atoms with E-state index in [1.165, 1.54) is 6.20 Å². The van der Waals surface area contributed by atoms with Crippen LogP contribution in [-0.4, -0.2) is 58.7 Å². The van der Waals surface area contributed by atoms with Crippen LogP contribution in [0.4, 0.5) is 14.9 Å². The van der Waals surface area contributed by atoms with Gasteiger partial charge >= 0.3 is 6.16 Å². The van der Waals surface area contributed by atoms with Gasteiger partial charge in [-0.1, -0.05) is 0 Å². The van der Waals surface area contributed by atoms with E-state index in [1.807, 2.05) is 4.90 Å². The number of carboxylic acid groups (broad SMARTS) is 1. The molecule has 10 heteroatoms. The molecule has 0 unspecified atom stereocenters. The number of carbonyl (C=O) groups excluding carboxylic acids is 1. The number of amides is 1. The van der Waals surface area contributed by atoms with E-state index in [1.54, 1.807) is 15.5 Å². The first-order valence-electron chi connectivity index (χ1n) is 9.27. The number of fused-ring (bicyclic) bond motifs is 1. The van der Waals surface area contributed by atoms with Gasteiger partial charge in [0.15, 0.2) is 5.75 Å². The molecule has 29 heavy (non-hydrogen) atoms. The third-order valence-electron chi connectivity index (χ3n) is 5.29. The minimum atomic E-state index is -1.59. The van der Waals surface area contributed by atoms with Crippen LogP contribution in [0.1, 0.15) is 18.9 Å². The van der Waals surface area contributed by atoms with Gasteiger partial charge in [-0.25, -0.2) is 9.18 Å². The van der Waals surface area contributed by atoms with Crippen molar-refractivity contribution >= 4 is 40.3 Å². The van der Waals surface area contributed by atoms with Gasteiger partial charge in [0.1, 0.15) is 11.7 Å². The maximum Gasteiger partial charge on any atom is 0.511 e. The van der Waals surface area contributed by atoms with Crippen molar-refractivity contribution in [1.29, 1.82) is 0 Å². The Morgan fingerprint density at radius 3 is 2.48 bits per heavy atom. The molecule has 1 saturated heterocycles. The number of ether oxygens (including phenoxy) is 1. The average molecular weight is 424 g/mol. The van der Waals surface area contributed by atoms with E-state index in [-0.39, 0.29) is 29.0 Å². The Hall–Kier alpha value is -2.81. The van der Waals surface area contributed by atoms with E-state index in [0.29, 0.717) is 37.4 Å². The van der Waals surface area contributed by atoms with Gasteiger partial charge in [-0.05, 0) is 25.0 Å². The average Bonchev–Trinajstić information content (AvgIpc) is 3.54. The summed E-state index contributed by atoms with van der Waals surface area (Å²) in [5, 5.41) is 8.95. The lowest BCUT2D eigenvalue weighted by atomic mass is 10.1. The highest BCUT2D eigenvalue weighted by atomic mass is 35.5. The van der Waals surface area contributed by atoms with Crippen LogP contribution in [0.5, 0.6) is 5.75 Å². The number of alkyl halides is 1. The fourth-order valence-electron chi connectivity index (χ4n) is 3.68. The summed E-state index contributed by atoms with van der Waals surface area (Å²) in [5.41, 5.74) is 0.212. The number of halogens is 2. The normalized spacial score (nSPS) is 16.9. The molecular formula is C19H19ClFN3O5. The van der Waals surface area contributed by atoms with Crippen molar-refractivity contribution in [3.05, 3.63) is 34.4 Å². The molecule has 1 saturated carbocycles. The highest BCUT2D eigenvalue weighted by Gasteiger charge is 2.28. The molecule has 0 spiro atoms. The summed E-state index contributed by atoms with van der Waals surface area (Å²) in [6.07, 6.45) is 1.56. The van der Waals surface area contributed by atoms with E-state index in [0.717, 1.165) is 18.9 Å². The van der Waals surface area contributed by atoms with Crippen molar-refractivity contribution in [2.45, 2.75) is 18.9 Å². The van der Waals surface area contributed by atoms with Gasteiger partial charge in [-0.3, -0.25) is 9.59 Å². The molecule has 0 atom stereocenters. The second-order valence-electron chi connectivity index (χ2n) is 7.15. The number of nitrogens with zero attached hydrogens (tertiary/aromatic N) is 3. The molecule has 1 amide bonds. The minimum absolute atomic E-state index is 0.0767. The van der Waals surface area contributed by atoms with Crippen LogP contribution < -0.4 is 15.1 Å². The summed E-state index contributed by atoms with van der Waals surface area (Å²) in [5.74, 6) is -1.16. The zero-order valence-corrected chi connectivity index (χ0v) is 16.2. The molecule has 1 aliphatic heterocycles. The topological polar surface area (TPSA) is 92.1 Å². The van der Waals surface area contributed by atoms with E-state index in [2.05, 4.69) is 4.74 Å². The SMILES string of the molecule is O=C(O)Oc1cn(C2CC2)c2cc(N3CCN(C(=O)CCl)CC3)c(F)cc2c1=O. The molecule has 2 fully saturated rings. The standard InChI is InChI=1S/C19H19ClFN3O5/c20-9-17(25)23-5-3-22(4-6-23)15-8-14-12(7-13(15)21)18(26)16(29-19(27)28)10-24(14)11-1-2-11/h7-8,10-11H,1-6,9H2,(H,27,28). The highest BCUT2D eigenvalue weighted by molar-refractivity contribution is 6.27. The van der Waals surface area contributed by atoms with Crippen molar-refractivity contribution < 1.29 is 23.8 Å². The third-order valence-corrected chi connectivity index (χ3v) is 5.52. The largest absolute Gasteiger partial charge is 0.511 e. The van der Waals surface area contributed by atoms with Crippen LogP contribution in [0.3, 0.4) is 0 Å². The van der Waals surface area contributed by atoms with Crippen molar-refractivity contribution in [3.8, 4) is 5.75 Å². The highest BCUT2D eigenvalue weighted by Crippen LogP contribution is 2.39. The van der Waals surface area contributed by atoms with E-state index < -0.39 is 17.4 Å². The zero-order valence-electron chi connectivity index (χ0n) is 15.4. The van der Waals surface area contributed by atoms with Gasteiger partial charge < -0.3 is 24.2 Å². The smallest absolute Gasteiger partial charge is 0.449 e. The van der Waals surface area contributed by atoms with Gasteiger partial charge in [0.2, 0.25) is 11.3 Å². The van der Waals surface area contributed by atoms with Crippen molar-refractivity contribution in [2.75, 3.05) is 37.0 Å². The van der Waals surface area contributed by atoms with Gasteiger partial charge in [-0.2, -0.15) is 0 Å². The van der Waals surface area contributed by atoms with Crippen LogP contribution in [0, 0.1) is 5.82 Å². The summed E-state index contributed by atoms with van der Waals surface area (Å²) in [7, 11) is 0. The van der Waals surface area contributed by atoms with Gasteiger partial charge in [0.25, 0.3) is 0 Å². The monoisotopic (exact) mass is 423 g/mol. The molecule has 1 aromatic heterocycles. The lowest BCUT2D eigenvalue weighted by Gasteiger charge is -2.36. The molecule has 4 rings (SSSR count). The molecule has 8 nitrogen and oxygen atoms in total. The van der Waals surface area contributed by atoms with Crippen LogP contribution in [0.15, 0.2) is 23.1 Å². The molecule has 0 bridgehead atoms. The molecule has 154 valence electrons. The zero-order chi connectivity index (χ0) is 20.7. The van der Waals surface area contributed by atoms with Crippen molar-refractivity contribution in [3.63, 3.8) is 0 Å². The quantitative estimate of drug-likeness (QED) is 0.599. The summed E-state index contributed by atoms with van der Waals surface area (Å²) >= 11 is 5.60. The number of pyridine rings is 1. The molecule has 1 aliphatic carbocycles. The number of carbonyl (C=O) groups is 2. The number of hydrogen-bond donors (Lipinski definition) is 1. The molecule has 1 aromatic carbocycles. The van der Waals surface area contributed by atoms with Gasteiger partial charge in [-0.15, -0.1) is 11.6 Å². The maximum atomic E-state index is 14.9. The fourth-order valence-corrected chi connectivity index (χ4v) is 3.85. The first-order valence-corrected chi connectivity index (χ1v) is 9.80. The van der Waals surface area contributed by atoms with Crippen LogP contribution >= 0.6 is 11.6 Å². The minimum Gasteiger partial charge on any atom is -0.449 e. The van der Waals surface area contributed by atoms with Gasteiger partial charge in [0, 0.05) is 32.2 Å². The van der Waals surface area contributed by atoms with Crippen LogP contribution in [-0.2, 0) is 4.79 Å². The fraction of sp³-hybridized carbons (Fsp3) is 0.421. The van der Waals surface area contributed by atoms with E-state index in [4.69, 9.17) is 16.7 Å². The predicted octanol–water partition coefficient (Wildman–Crippen LogP) is 2.42. The van der Waals surface area contributed by atoms with E-state index in [9.17, 15) is 18.8 Å². The summed E-state index contributed by atoms with van der Waals surface area (Å²) < 4.78 is 21.3. The summed E-state index contributed by atoms with van der Waals surface area (Å²) in [4.78, 5) is 38.7. The summed E-state index contributed by atoms with van der Waals surface area (Å²) in [6, 6.07) is 2.87. The van der Waals surface area contributed by atoms with Crippen LogP contribution in [0.2, 0.25) is 0 Å². The third kappa shape index (κ3) is 3.74. The number of benzene rings is 1. The first-order chi connectivity index (χ1) is 13.9. The molecule has 2 aliphatic rings. The number of rotatable bonds is 4. The predicted molar refractivity (Wildman–Crippen MR) is 105 cm³/mol. The number of anilines is 1. The molecule has 0 radical (unpaired) electrons. The van der Waals surface area contributed by atoms with E-state index >= 15 is 0 Å². The molecule has 2 heterocycles. The Balaban J connectivity index is 1.73. The van der Waals surface area contributed by atoms with Crippen molar-refractivity contribution in [1.82, 2.24) is 9.47 Å². The lowest BCUT2D eigenvalue weighted by Crippen LogP contribution is -2.49. The first kappa shape index (κ1) is 19.5. The Labute approximate surface area is 170 Å². The Morgan fingerprint density at radius 1 is 1.21 bits per heavy atom. The second-order valence-corrected chi connectivity index (χ2v) is 7.42. The summed E-state index contributed by atoms with van der Waals surface area (Å²) in [6.45, 7) is 1.76. The van der Waals surface area contributed by atoms with Crippen molar-refractivity contribution in [2.24, 2.45) is 0 Å². The number of piperazine rings is 1. The van der Waals surface area contributed by atoms with Crippen LogP contribution in [0.25, 0.3) is 10.9 Å². The van der Waals surface area contributed by atoms with Gasteiger partial charge in [0.05, 0.1) is 22.8 Å². The molecule has 1 N–H and O–H groups in total. The molecular weight excluding hydrogens is 405 g/mol. The molecule has 2 aromatic rings. The number of aromatic nitrogens is 1. The lowest BCUT2D eigenvalue weighted by molar-refractivity contribution is -0.128. The number of hydrogen-bond acceptors (Lipinski definition) is 5. The maximum absolute atomic E-state index is 14.9. The second kappa shape index (κ2) is 7.55. The Morgan fingerprint density at radius 2 is 1.90 bits per heavy atom. The Kier molecular flexibility index (Phi) is 5.08.